The molecule has 264 valence electrons. The minimum Gasteiger partial charge on any atom is -0.343 e. The van der Waals surface area contributed by atoms with Crippen molar-refractivity contribution >= 4 is 0 Å². The number of fused-ring (bicyclic) bond motifs is 1. The van der Waals surface area contributed by atoms with Gasteiger partial charge in [0, 0.05) is 25.9 Å². The standard InChI is InChI=1S/C42H79NO2/c1-4-6-8-10-12-14-16-18-20-22-24-26-28-30-32-34-36-42(44-40-38-43(3)39-41(40)45-42)37-35-33-31-29-27-25-23-21-19-17-15-13-11-9-7-5-2/h12,14,19,21,40-41H,4-11,13,15-18,20,22-39H2,1-3H3. The number of rotatable bonds is 32. The molecule has 3 heteroatoms. The van der Waals surface area contributed by atoms with Crippen LogP contribution >= 0.6 is 0 Å². The van der Waals surface area contributed by atoms with E-state index in [1.807, 2.05) is 0 Å². The molecular formula is C42H79NO2. The Bertz CT molecular complexity index is 689. The second kappa shape index (κ2) is 28.4. The summed E-state index contributed by atoms with van der Waals surface area (Å²) in [5, 5.41) is 0. The van der Waals surface area contributed by atoms with Crippen molar-refractivity contribution in [2.75, 3.05) is 20.1 Å². The van der Waals surface area contributed by atoms with Gasteiger partial charge < -0.3 is 14.4 Å². The monoisotopic (exact) mass is 630 g/mol. The molecule has 2 fully saturated rings. The first kappa shape index (κ1) is 40.5. The molecule has 45 heavy (non-hydrogen) atoms. The lowest BCUT2D eigenvalue weighted by Crippen LogP contribution is -2.34. The van der Waals surface area contributed by atoms with Gasteiger partial charge in [0.15, 0.2) is 5.79 Å². The maximum atomic E-state index is 6.72. The van der Waals surface area contributed by atoms with Gasteiger partial charge in [-0.05, 0) is 71.3 Å². The van der Waals surface area contributed by atoms with Crippen molar-refractivity contribution in [3.63, 3.8) is 0 Å². The van der Waals surface area contributed by atoms with Gasteiger partial charge in [-0.3, -0.25) is 0 Å². The lowest BCUT2D eigenvalue weighted by Gasteiger charge is -2.30. The van der Waals surface area contributed by atoms with Crippen LogP contribution in [0.1, 0.15) is 206 Å². The van der Waals surface area contributed by atoms with Crippen molar-refractivity contribution in [3.8, 4) is 0 Å². The molecule has 0 aromatic heterocycles. The highest BCUT2D eigenvalue weighted by molar-refractivity contribution is 4.93. The predicted octanol–water partition coefficient (Wildman–Crippen LogP) is 13.3. The fourth-order valence-electron chi connectivity index (χ4n) is 7.37. The molecule has 0 aliphatic carbocycles. The lowest BCUT2D eigenvalue weighted by molar-refractivity contribution is -0.193. The van der Waals surface area contributed by atoms with E-state index in [9.17, 15) is 0 Å². The molecule has 3 nitrogen and oxygen atoms in total. The van der Waals surface area contributed by atoms with E-state index in [0.717, 1.165) is 25.9 Å². The molecule has 2 unspecified atom stereocenters. The Morgan fingerprint density at radius 3 is 1.11 bits per heavy atom. The minimum absolute atomic E-state index is 0.290. The third-order valence-electron chi connectivity index (χ3n) is 10.3. The maximum absolute atomic E-state index is 6.72. The molecule has 2 heterocycles. The normalized spacial score (nSPS) is 22.0. The van der Waals surface area contributed by atoms with E-state index in [0.29, 0.717) is 12.2 Å². The van der Waals surface area contributed by atoms with Gasteiger partial charge in [-0.15, -0.1) is 0 Å². The van der Waals surface area contributed by atoms with Crippen molar-refractivity contribution in [3.05, 3.63) is 24.3 Å². The Morgan fingerprint density at radius 1 is 0.444 bits per heavy atom. The average Bonchev–Trinajstić information content (AvgIpc) is 3.54. The molecule has 2 aliphatic rings. The summed E-state index contributed by atoms with van der Waals surface area (Å²) < 4.78 is 13.4. The first-order valence-electron chi connectivity index (χ1n) is 20.5. The topological polar surface area (TPSA) is 21.7 Å². The van der Waals surface area contributed by atoms with Crippen LogP contribution in [0.2, 0.25) is 0 Å². The number of ether oxygens (including phenoxy) is 2. The number of hydrogen-bond acceptors (Lipinski definition) is 3. The van der Waals surface area contributed by atoms with Crippen molar-refractivity contribution in [1.29, 1.82) is 0 Å². The van der Waals surface area contributed by atoms with Crippen LogP contribution in [0.5, 0.6) is 0 Å². The summed E-state index contributed by atoms with van der Waals surface area (Å²) in [6.07, 6.45) is 50.6. The van der Waals surface area contributed by atoms with Gasteiger partial charge in [0.25, 0.3) is 0 Å². The second-order valence-corrected chi connectivity index (χ2v) is 14.8. The summed E-state index contributed by atoms with van der Waals surface area (Å²) in [6.45, 7) is 6.65. The highest BCUT2D eigenvalue weighted by atomic mass is 16.8. The van der Waals surface area contributed by atoms with Crippen LogP contribution in [0, 0.1) is 0 Å². The van der Waals surface area contributed by atoms with Gasteiger partial charge in [0.1, 0.15) is 12.2 Å². The Labute approximate surface area is 282 Å². The van der Waals surface area contributed by atoms with E-state index in [1.54, 1.807) is 0 Å². The molecule has 2 aliphatic heterocycles. The van der Waals surface area contributed by atoms with Crippen LogP contribution in [-0.4, -0.2) is 43.0 Å². The van der Waals surface area contributed by atoms with Crippen LogP contribution in [0.15, 0.2) is 24.3 Å². The predicted molar refractivity (Wildman–Crippen MR) is 198 cm³/mol. The highest BCUT2D eigenvalue weighted by Crippen LogP contribution is 2.40. The summed E-state index contributed by atoms with van der Waals surface area (Å²) >= 11 is 0. The van der Waals surface area contributed by atoms with Gasteiger partial charge in [-0.25, -0.2) is 0 Å². The summed E-state index contributed by atoms with van der Waals surface area (Å²) in [5.74, 6) is -0.290. The van der Waals surface area contributed by atoms with Crippen LogP contribution in [0.25, 0.3) is 0 Å². The van der Waals surface area contributed by atoms with Gasteiger partial charge in [0.2, 0.25) is 0 Å². The zero-order chi connectivity index (χ0) is 32.1. The fraction of sp³-hybridized carbons (Fsp3) is 0.905. The molecule has 2 saturated heterocycles. The molecule has 0 aromatic rings. The summed E-state index contributed by atoms with van der Waals surface area (Å²) in [6, 6.07) is 0. The van der Waals surface area contributed by atoms with Crippen molar-refractivity contribution in [2.24, 2.45) is 0 Å². The van der Waals surface area contributed by atoms with Gasteiger partial charge >= 0.3 is 0 Å². The zero-order valence-corrected chi connectivity index (χ0v) is 30.9. The molecule has 2 rings (SSSR count). The Hall–Kier alpha value is -0.640. The van der Waals surface area contributed by atoms with Crippen molar-refractivity contribution in [2.45, 2.75) is 224 Å². The molecule has 0 spiro atoms. The van der Waals surface area contributed by atoms with E-state index in [2.05, 4.69) is 50.1 Å². The van der Waals surface area contributed by atoms with Crippen molar-refractivity contribution < 1.29 is 9.47 Å². The molecule has 0 radical (unpaired) electrons. The van der Waals surface area contributed by atoms with Crippen molar-refractivity contribution in [1.82, 2.24) is 4.90 Å². The second-order valence-electron chi connectivity index (χ2n) is 14.8. The third kappa shape index (κ3) is 21.1. The van der Waals surface area contributed by atoms with E-state index in [1.165, 1.54) is 180 Å². The molecule has 0 aromatic carbocycles. The van der Waals surface area contributed by atoms with Gasteiger partial charge in [-0.1, -0.05) is 154 Å². The third-order valence-corrected chi connectivity index (χ3v) is 10.3. The zero-order valence-electron chi connectivity index (χ0n) is 30.9. The van der Waals surface area contributed by atoms with Crippen LogP contribution < -0.4 is 0 Å². The number of allylic oxidation sites excluding steroid dienone is 4. The molecule has 0 N–H and O–H groups in total. The van der Waals surface area contributed by atoms with Crippen LogP contribution in [0.4, 0.5) is 0 Å². The van der Waals surface area contributed by atoms with E-state index in [4.69, 9.17) is 9.47 Å². The number of hydrogen-bond donors (Lipinski definition) is 0. The number of likely N-dealkylation sites (tertiary alicyclic amines) is 1. The number of unbranched alkanes of at least 4 members (excludes halogenated alkanes) is 24. The molecule has 0 bridgehead atoms. The Balaban J connectivity index is 1.46. The molecule has 0 saturated carbocycles. The van der Waals surface area contributed by atoms with Crippen LogP contribution in [0.3, 0.4) is 0 Å². The maximum Gasteiger partial charge on any atom is 0.169 e. The summed E-state index contributed by atoms with van der Waals surface area (Å²) in [5.41, 5.74) is 0. The highest BCUT2D eigenvalue weighted by Gasteiger charge is 2.49. The fourth-order valence-corrected chi connectivity index (χ4v) is 7.37. The number of likely N-dealkylation sites (N-methyl/N-ethyl adjacent to an activating group) is 1. The SMILES string of the molecule is CCCCCC=CCCCCCCCCCCCC1(CCCCCCCCC=CCCCCCCCC)OC2CN(C)CC2O1. The largest absolute Gasteiger partial charge is 0.343 e. The van der Waals surface area contributed by atoms with E-state index >= 15 is 0 Å². The first-order valence-corrected chi connectivity index (χ1v) is 20.5. The lowest BCUT2D eigenvalue weighted by atomic mass is 9.98. The Kier molecular flexibility index (Phi) is 25.6. The van der Waals surface area contributed by atoms with Gasteiger partial charge in [-0.2, -0.15) is 0 Å². The average molecular weight is 630 g/mol. The first-order chi connectivity index (χ1) is 22.2. The van der Waals surface area contributed by atoms with Gasteiger partial charge in [0.05, 0.1) is 0 Å². The van der Waals surface area contributed by atoms with Crippen LogP contribution in [-0.2, 0) is 9.47 Å². The Morgan fingerprint density at radius 2 is 0.733 bits per heavy atom. The smallest absolute Gasteiger partial charge is 0.169 e. The number of nitrogens with zero attached hydrogens (tertiary/aromatic N) is 1. The molecular weight excluding hydrogens is 550 g/mol. The van der Waals surface area contributed by atoms with E-state index < -0.39 is 0 Å². The quantitative estimate of drug-likeness (QED) is 0.0546. The van der Waals surface area contributed by atoms with E-state index in [-0.39, 0.29) is 5.79 Å². The molecule has 0 amide bonds. The molecule has 2 atom stereocenters. The summed E-state index contributed by atoms with van der Waals surface area (Å²) in [4.78, 5) is 2.37. The minimum atomic E-state index is -0.290. The summed E-state index contributed by atoms with van der Waals surface area (Å²) in [7, 11) is 2.20.